The predicted molar refractivity (Wildman–Crippen MR) is 92.7 cm³/mol. The van der Waals surface area contributed by atoms with Crippen LogP contribution in [-0.2, 0) is 12.7 Å². The van der Waals surface area contributed by atoms with Crippen molar-refractivity contribution >= 4 is 5.91 Å². The highest BCUT2D eigenvalue weighted by Gasteiger charge is 2.30. The normalized spacial score (nSPS) is 12.4. The summed E-state index contributed by atoms with van der Waals surface area (Å²) in [6.45, 7) is 2.32. The minimum Gasteiger partial charge on any atom is -0.439 e. The van der Waals surface area contributed by atoms with E-state index < -0.39 is 11.7 Å². The molecule has 1 unspecified atom stereocenters. The second-order valence-corrected chi connectivity index (χ2v) is 6.00. The summed E-state index contributed by atoms with van der Waals surface area (Å²) in [5, 5.41) is 6.81. The van der Waals surface area contributed by atoms with Crippen LogP contribution in [0.4, 0.5) is 13.2 Å². The van der Waals surface area contributed by atoms with E-state index in [0.717, 1.165) is 12.1 Å². The van der Waals surface area contributed by atoms with Gasteiger partial charge in [-0.05, 0) is 37.3 Å². The van der Waals surface area contributed by atoms with Crippen molar-refractivity contribution in [3.63, 3.8) is 0 Å². The number of aromatic nitrogens is 4. The Bertz CT molecular complexity index is 910. The zero-order chi connectivity index (χ0) is 20.1. The lowest BCUT2D eigenvalue weighted by molar-refractivity contribution is -0.137. The highest BCUT2D eigenvalue weighted by atomic mass is 19.4. The Kier molecular flexibility index (Phi) is 5.57. The first-order valence-corrected chi connectivity index (χ1v) is 8.26. The second-order valence-electron chi connectivity index (χ2n) is 6.00. The number of benzene rings is 1. The quantitative estimate of drug-likeness (QED) is 0.697. The molecule has 0 fully saturated rings. The second kappa shape index (κ2) is 8.07. The molecule has 0 aliphatic carbocycles. The Labute approximate surface area is 158 Å². The smallest absolute Gasteiger partial charge is 0.417 e. The lowest BCUT2D eigenvalue weighted by atomic mass is 10.2. The van der Waals surface area contributed by atoms with Crippen LogP contribution < -0.4 is 10.1 Å². The molecule has 7 nitrogen and oxygen atoms in total. The molecule has 1 N–H and O–H groups in total. The number of hydrogen-bond donors (Lipinski definition) is 1. The zero-order valence-electron chi connectivity index (χ0n) is 14.7. The fourth-order valence-electron chi connectivity index (χ4n) is 2.36. The third-order valence-corrected chi connectivity index (χ3v) is 3.71. The number of halogens is 3. The average Bonchev–Trinajstić information content (AvgIpc) is 3.15. The molecule has 0 bridgehead atoms. The monoisotopic (exact) mass is 391 g/mol. The molecule has 2 aromatic heterocycles. The molecule has 2 heterocycles. The summed E-state index contributed by atoms with van der Waals surface area (Å²) in [5.74, 6) is 0.0953. The zero-order valence-corrected chi connectivity index (χ0v) is 14.7. The SMILES string of the molecule is CC(Cn1cncn1)NC(=O)c1ccc(Oc2ccc(C(F)(F)F)cn2)cc1. The maximum absolute atomic E-state index is 12.5. The van der Waals surface area contributed by atoms with Crippen molar-refractivity contribution in [3.05, 3.63) is 66.4 Å². The van der Waals surface area contributed by atoms with Crippen LogP contribution in [0.5, 0.6) is 11.6 Å². The van der Waals surface area contributed by atoms with Gasteiger partial charge in [0.1, 0.15) is 18.4 Å². The number of pyridine rings is 1. The summed E-state index contributed by atoms with van der Waals surface area (Å²) in [6.07, 6.45) is -0.776. The molecule has 3 aromatic rings. The van der Waals surface area contributed by atoms with Crippen LogP contribution in [0.15, 0.2) is 55.2 Å². The number of nitrogens with zero attached hydrogens (tertiary/aromatic N) is 4. The van der Waals surface area contributed by atoms with Gasteiger partial charge in [0, 0.05) is 23.9 Å². The number of carbonyl (C=O) groups is 1. The summed E-state index contributed by atoms with van der Waals surface area (Å²) >= 11 is 0. The number of carbonyl (C=O) groups excluding carboxylic acids is 1. The standard InChI is InChI=1S/C18H16F3N5O2/c1-12(9-26-11-22-10-24-26)25-17(27)13-2-5-15(6-3-13)28-16-7-4-14(8-23-16)18(19,20)21/h2-8,10-12H,9H2,1H3,(H,25,27). The molecule has 0 saturated heterocycles. The molecular formula is C18H16F3N5O2. The van der Waals surface area contributed by atoms with Gasteiger partial charge in [-0.2, -0.15) is 18.3 Å². The lowest BCUT2D eigenvalue weighted by Gasteiger charge is -2.14. The van der Waals surface area contributed by atoms with E-state index in [9.17, 15) is 18.0 Å². The molecule has 28 heavy (non-hydrogen) atoms. The molecule has 10 heteroatoms. The van der Waals surface area contributed by atoms with E-state index in [1.54, 1.807) is 23.1 Å². The Morgan fingerprint density at radius 3 is 2.54 bits per heavy atom. The highest BCUT2D eigenvalue weighted by molar-refractivity contribution is 5.94. The molecule has 1 amide bonds. The molecule has 0 spiro atoms. The predicted octanol–water partition coefficient (Wildman–Crippen LogP) is 3.30. The van der Waals surface area contributed by atoms with Gasteiger partial charge < -0.3 is 10.1 Å². The van der Waals surface area contributed by atoms with Crippen molar-refractivity contribution in [2.24, 2.45) is 0 Å². The largest absolute Gasteiger partial charge is 0.439 e. The van der Waals surface area contributed by atoms with Crippen molar-refractivity contribution in [2.75, 3.05) is 0 Å². The molecule has 0 saturated carbocycles. The summed E-state index contributed by atoms with van der Waals surface area (Å²) in [6, 6.07) is 8.04. The van der Waals surface area contributed by atoms with Gasteiger partial charge in [-0.1, -0.05) is 0 Å². The van der Waals surface area contributed by atoms with Crippen molar-refractivity contribution < 1.29 is 22.7 Å². The number of alkyl halides is 3. The molecule has 0 aliphatic rings. The first kappa shape index (κ1) is 19.3. The van der Waals surface area contributed by atoms with Crippen LogP contribution in [0.1, 0.15) is 22.8 Å². The van der Waals surface area contributed by atoms with Gasteiger partial charge in [-0.25, -0.2) is 9.97 Å². The maximum Gasteiger partial charge on any atom is 0.417 e. The first-order valence-electron chi connectivity index (χ1n) is 8.26. The van der Waals surface area contributed by atoms with Crippen molar-refractivity contribution in [1.82, 2.24) is 25.1 Å². The van der Waals surface area contributed by atoms with Gasteiger partial charge in [-0.3, -0.25) is 9.48 Å². The lowest BCUT2D eigenvalue weighted by Crippen LogP contribution is -2.35. The average molecular weight is 391 g/mol. The van der Waals surface area contributed by atoms with Crippen LogP contribution in [0, 0.1) is 0 Å². The van der Waals surface area contributed by atoms with Crippen LogP contribution in [0.3, 0.4) is 0 Å². The van der Waals surface area contributed by atoms with Crippen LogP contribution in [-0.4, -0.2) is 31.7 Å². The van der Waals surface area contributed by atoms with Gasteiger partial charge >= 0.3 is 6.18 Å². The molecular weight excluding hydrogens is 375 g/mol. The Hall–Kier alpha value is -3.43. The summed E-state index contributed by atoms with van der Waals surface area (Å²) < 4.78 is 44.6. The Morgan fingerprint density at radius 1 is 1.21 bits per heavy atom. The van der Waals surface area contributed by atoms with Crippen LogP contribution in [0.2, 0.25) is 0 Å². The van der Waals surface area contributed by atoms with Crippen LogP contribution >= 0.6 is 0 Å². The van der Waals surface area contributed by atoms with E-state index in [-0.39, 0.29) is 17.8 Å². The molecule has 0 aliphatic heterocycles. The number of hydrogen-bond acceptors (Lipinski definition) is 5. The first-order chi connectivity index (χ1) is 13.3. The summed E-state index contributed by atoms with van der Waals surface area (Å²) in [4.78, 5) is 19.7. The third kappa shape index (κ3) is 5.06. The van der Waals surface area contributed by atoms with Gasteiger partial charge in [0.2, 0.25) is 5.88 Å². The van der Waals surface area contributed by atoms with Crippen molar-refractivity contribution in [3.8, 4) is 11.6 Å². The minimum atomic E-state index is -4.45. The Balaban J connectivity index is 1.57. The van der Waals surface area contributed by atoms with E-state index in [1.165, 1.54) is 18.5 Å². The van der Waals surface area contributed by atoms with E-state index in [0.29, 0.717) is 24.1 Å². The van der Waals surface area contributed by atoms with Gasteiger partial charge in [0.25, 0.3) is 5.91 Å². The molecule has 1 aromatic carbocycles. The van der Waals surface area contributed by atoms with E-state index in [2.05, 4.69) is 20.4 Å². The van der Waals surface area contributed by atoms with Crippen LogP contribution in [0.25, 0.3) is 0 Å². The van der Waals surface area contributed by atoms with Gasteiger partial charge in [0.15, 0.2) is 0 Å². The number of ether oxygens (including phenoxy) is 1. The molecule has 3 rings (SSSR count). The summed E-state index contributed by atoms with van der Waals surface area (Å²) in [7, 11) is 0. The number of nitrogens with one attached hydrogen (secondary N) is 1. The Morgan fingerprint density at radius 2 is 1.96 bits per heavy atom. The fraction of sp³-hybridized carbons (Fsp3) is 0.222. The van der Waals surface area contributed by atoms with E-state index >= 15 is 0 Å². The maximum atomic E-state index is 12.5. The van der Waals surface area contributed by atoms with Crippen molar-refractivity contribution in [2.45, 2.75) is 25.7 Å². The van der Waals surface area contributed by atoms with Gasteiger partial charge in [-0.15, -0.1) is 0 Å². The fourth-order valence-corrected chi connectivity index (χ4v) is 2.36. The van der Waals surface area contributed by atoms with E-state index in [4.69, 9.17) is 4.74 Å². The molecule has 0 radical (unpaired) electrons. The number of amides is 1. The third-order valence-electron chi connectivity index (χ3n) is 3.71. The topological polar surface area (TPSA) is 81.9 Å². The number of rotatable bonds is 6. The van der Waals surface area contributed by atoms with Gasteiger partial charge in [0.05, 0.1) is 12.1 Å². The van der Waals surface area contributed by atoms with E-state index in [1.807, 2.05) is 6.92 Å². The highest BCUT2D eigenvalue weighted by Crippen LogP contribution is 2.30. The minimum absolute atomic E-state index is 0.0201. The molecule has 1 atom stereocenters. The summed E-state index contributed by atoms with van der Waals surface area (Å²) in [5.41, 5.74) is -0.440. The molecule has 146 valence electrons. The van der Waals surface area contributed by atoms with Crippen molar-refractivity contribution in [1.29, 1.82) is 0 Å².